The number of hydrogen-bond donors (Lipinski definition) is 2. The van der Waals surface area contributed by atoms with Crippen LogP contribution in [0.3, 0.4) is 0 Å². The standard InChI is InChI=1S/C12H18N2O4S/c1-18-12(15)9-4-5-10(13)11(8-9)14-6-3-7-19(2,16)17/h4-5,8,14H,3,6-7,13H2,1-2H3. The van der Waals surface area contributed by atoms with E-state index in [0.29, 0.717) is 29.9 Å². The van der Waals surface area contributed by atoms with Crippen molar-refractivity contribution in [2.45, 2.75) is 6.42 Å². The Morgan fingerprint density at radius 3 is 2.68 bits per heavy atom. The van der Waals surface area contributed by atoms with Gasteiger partial charge < -0.3 is 15.8 Å². The van der Waals surface area contributed by atoms with Gasteiger partial charge in [-0.2, -0.15) is 0 Å². The predicted octanol–water partition coefficient (Wildman–Crippen LogP) is 0.902. The topological polar surface area (TPSA) is 98.5 Å². The molecule has 0 fully saturated rings. The van der Waals surface area contributed by atoms with E-state index >= 15 is 0 Å². The van der Waals surface area contributed by atoms with Crippen LogP contribution in [0.1, 0.15) is 16.8 Å². The highest BCUT2D eigenvalue weighted by Gasteiger charge is 2.08. The second-order valence-electron chi connectivity index (χ2n) is 4.20. The molecule has 0 unspecified atom stereocenters. The molecule has 6 nitrogen and oxygen atoms in total. The van der Waals surface area contributed by atoms with Gasteiger partial charge in [0.15, 0.2) is 0 Å². The summed E-state index contributed by atoms with van der Waals surface area (Å²) in [6, 6.07) is 4.76. The lowest BCUT2D eigenvalue weighted by Crippen LogP contribution is -2.11. The molecule has 19 heavy (non-hydrogen) atoms. The van der Waals surface area contributed by atoms with Crippen LogP contribution < -0.4 is 11.1 Å². The van der Waals surface area contributed by atoms with Crippen molar-refractivity contribution in [3.05, 3.63) is 23.8 Å². The Labute approximate surface area is 112 Å². The van der Waals surface area contributed by atoms with Crippen LogP contribution in [0.25, 0.3) is 0 Å². The fourth-order valence-electron chi connectivity index (χ4n) is 1.51. The highest BCUT2D eigenvalue weighted by Crippen LogP contribution is 2.20. The molecule has 0 radical (unpaired) electrons. The molecule has 1 aromatic carbocycles. The van der Waals surface area contributed by atoms with Crippen molar-refractivity contribution in [2.24, 2.45) is 0 Å². The SMILES string of the molecule is COC(=O)c1ccc(N)c(NCCCS(C)(=O)=O)c1. The van der Waals surface area contributed by atoms with Gasteiger partial charge in [0.25, 0.3) is 0 Å². The van der Waals surface area contributed by atoms with Crippen molar-refractivity contribution in [1.82, 2.24) is 0 Å². The molecule has 0 atom stereocenters. The summed E-state index contributed by atoms with van der Waals surface area (Å²) >= 11 is 0. The summed E-state index contributed by atoms with van der Waals surface area (Å²) in [7, 11) is -1.66. The summed E-state index contributed by atoms with van der Waals surface area (Å²) in [4.78, 5) is 11.4. The number of anilines is 2. The van der Waals surface area contributed by atoms with Crippen LogP contribution in [0.5, 0.6) is 0 Å². The number of rotatable bonds is 6. The molecule has 106 valence electrons. The molecule has 0 aliphatic heterocycles. The van der Waals surface area contributed by atoms with Gasteiger partial charge in [-0.05, 0) is 24.6 Å². The van der Waals surface area contributed by atoms with Crippen LogP contribution in [0.2, 0.25) is 0 Å². The second kappa shape index (κ2) is 6.42. The first-order valence-corrected chi connectivity index (χ1v) is 7.79. The molecule has 0 heterocycles. The largest absolute Gasteiger partial charge is 0.465 e. The number of carbonyl (C=O) groups is 1. The molecule has 0 aliphatic rings. The van der Waals surface area contributed by atoms with Crippen molar-refractivity contribution in [1.29, 1.82) is 0 Å². The van der Waals surface area contributed by atoms with Gasteiger partial charge >= 0.3 is 5.97 Å². The van der Waals surface area contributed by atoms with Gasteiger partial charge in [0.05, 0.1) is 29.8 Å². The van der Waals surface area contributed by atoms with Gasteiger partial charge in [0.1, 0.15) is 9.84 Å². The lowest BCUT2D eigenvalue weighted by atomic mass is 10.1. The first-order valence-electron chi connectivity index (χ1n) is 5.73. The number of nitrogen functional groups attached to an aromatic ring is 1. The monoisotopic (exact) mass is 286 g/mol. The van der Waals surface area contributed by atoms with E-state index in [2.05, 4.69) is 10.1 Å². The van der Waals surface area contributed by atoms with Crippen LogP contribution in [0.4, 0.5) is 11.4 Å². The number of nitrogens with one attached hydrogen (secondary N) is 1. The molecular formula is C12H18N2O4S. The molecule has 0 saturated heterocycles. The number of carbonyl (C=O) groups excluding carboxylic acids is 1. The first kappa shape index (κ1) is 15.3. The Morgan fingerprint density at radius 1 is 1.42 bits per heavy atom. The fraction of sp³-hybridized carbons (Fsp3) is 0.417. The van der Waals surface area contributed by atoms with Crippen molar-refractivity contribution in [3.8, 4) is 0 Å². The first-order chi connectivity index (χ1) is 8.83. The number of ether oxygens (including phenoxy) is 1. The van der Waals surface area contributed by atoms with E-state index in [1.54, 1.807) is 18.2 Å². The van der Waals surface area contributed by atoms with E-state index in [0.717, 1.165) is 0 Å². The molecule has 0 spiro atoms. The quantitative estimate of drug-likeness (QED) is 0.458. The highest BCUT2D eigenvalue weighted by atomic mass is 32.2. The minimum Gasteiger partial charge on any atom is -0.465 e. The third kappa shape index (κ3) is 5.17. The smallest absolute Gasteiger partial charge is 0.337 e. The van der Waals surface area contributed by atoms with E-state index in [1.807, 2.05) is 0 Å². The molecular weight excluding hydrogens is 268 g/mol. The van der Waals surface area contributed by atoms with Gasteiger partial charge in [-0.15, -0.1) is 0 Å². The summed E-state index contributed by atoms with van der Waals surface area (Å²) in [5, 5.41) is 3.01. The molecule has 0 aliphatic carbocycles. The highest BCUT2D eigenvalue weighted by molar-refractivity contribution is 7.90. The van der Waals surface area contributed by atoms with Crippen molar-refractivity contribution >= 4 is 27.2 Å². The average molecular weight is 286 g/mol. The molecule has 0 saturated carbocycles. The predicted molar refractivity (Wildman–Crippen MR) is 75.0 cm³/mol. The molecule has 7 heteroatoms. The second-order valence-corrected chi connectivity index (χ2v) is 6.46. The van der Waals surface area contributed by atoms with Gasteiger partial charge in [-0.25, -0.2) is 13.2 Å². The Bertz CT molecular complexity index is 555. The summed E-state index contributed by atoms with van der Waals surface area (Å²) in [6.45, 7) is 0.460. The zero-order valence-electron chi connectivity index (χ0n) is 11.0. The Kier molecular flexibility index (Phi) is 5.17. The zero-order chi connectivity index (χ0) is 14.5. The van der Waals surface area contributed by atoms with Gasteiger partial charge in [-0.1, -0.05) is 0 Å². The van der Waals surface area contributed by atoms with Gasteiger partial charge in [0, 0.05) is 12.8 Å². The third-order valence-corrected chi connectivity index (χ3v) is 3.51. The van der Waals surface area contributed by atoms with Crippen LogP contribution in [-0.2, 0) is 14.6 Å². The Balaban J connectivity index is 2.65. The van der Waals surface area contributed by atoms with Crippen LogP contribution >= 0.6 is 0 Å². The third-order valence-electron chi connectivity index (χ3n) is 2.48. The summed E-state index contributed by atoms with van der Waals surface area (Å²) in [5.41, 5.74) is 7.24. The minimum atomic E-state index is -2.96. The van der Waals surface area contributed by atoms with E-state index in [1.165, 1.54) is 13.4 Å². The lowest BCUT2D eigenvalue weighted by Gasteiger charge is -2.10. The van der Waals surface area contributed by atoms with E-state index in [-0.39, 0.29) is 5.75 Å². The normalized spacial score (nSPS) is 11.1. The van der Waals surface area contributed by atoms with E-state index in [4.69, 9.17) is 5.73 Å². The lowest BCUT2D eigenvalue weighted by molar-refractivity contribution is 0.0601. The number of benzene rings is 1. The number of sulfone groups is 1. The Morgan fingerprint density at radius 2 is 2.11 bits per heavy atom. The summed E-state index contributed by atoms with van der Waals surface area (Å²) in [5.74, 6) is -0.337. The van der Waals surface area contributed by atoms with Crippen LogP contribution in [0, 0.1) is 0 Å². The number of hydrogen-bond acceptors (Lipinski definition) is 6. The fourth-order valence-corrected chi connectivity index (χ4v) is 2.18. The van der Waals surface area contributed by atoms with Crippen LogP contribution in [-0.4, -0.2) is 40.1 Å². The molecule has 1 aromatic rings. The van der Waals surface area contributed by atoms with E-state index < -0.39 is 15.8 Å². The minimum absolute atomic E-state index is 0.108. The van der Waals surface area contributed by atoms with E-state index in [9.17, 15) is 13.2 Å². The average Bonchev–Trinajstić information content (AvgIpc) is 2.34. The van der Waals surface area contributed by atoms with Crippen molar-refractivity contribution in [3.63, 3.8) is 0 Å². The molecule has 1 rings (SSSR count). The molecule has 3 N–H and O–H groups in total. The molecule has 0 bridgehead atoms. The van der Waals surface area contributed by atoms with Gasteiger partial charge in [-0.3, -0.25) is 0 Å². The van der Waals surface area contributed by atoms with Crippen LogP contribution in [0.15, 0.2) is 18.2 Å². The Hall–Kier alpha value is -1.76. The number of esters is 1. The summed E-state index contributed by atoms with van der Waals surface area (Å²) < 4.78 is 26.6. The summed E-state index contributed by atoms with van der Waals surface area (Å²) in [6.07, 6.45) is 1.67. The molecule has 0 amide bonds. The van der Waals surface area contributed by atoms with Gasteiger partial charge in [0.2, 0.25) is 0 Å². The van der Waals surface area contributed by atoms with Crippen molar-refractivity contribution < 1.29 is 17.9 Å². The number of methoxy groups -OCH3 is 1. The zero-order valence-corrected chi connectivity index (χ0v) is 11.8. The maximum atomic E-state index is 11.4. The van der Waals surface area contributed by atoms with Crippen molar-refractivity contribution in [2.75, 3.05) is 36.7 Å². The maximum Gasteiger partial charge on any atom is 0.337 e. The maximum absolute atomic E-state index is 11.4. The number of nitrogens with two attached hydrogens (primary N) is 1. The molecule has 0 aromatic heterocycles.